The molecule has 1 aromatic carbocycles. The van der Waals surface area contributed by atoms with Gasteiger partial charge >= 0.3 is 35.5 Å². The van der Waals surface area contributed by atoms with Crippen LogP contribution in [0.3, 0.4) is 0 Å². The summed E-state index contributed by atoms with van der Waals surface area (Å²) in [6.07, 6.45) is 0.0494. The van der Waals surface area contributed by atoms with Crippen molar-refractivity contribution in [3.8, 4) is 0 Å². The van der Waals surface area contributed by atoms with Crippen molar-refractivity contribution in [2.45, 2.75) is 30.0 Å². The summed E-state index contributed by atoms with van der Waals surface area (Å²) in [5, 5.41) is 13.8. The van der Waals surface area contributed by atoms with Crippen molar-refractivity contribution in [1.82, 2.24) is 10.2 Å². The molecule has 27 heavy (non-hydrogen) atoms. The summed E-state index contributed by atoms with van der Waals surface area (Å²) in [5.74, 6) is -3.48. The third-order valence-corrected chi connectivity index (χ3v) is 6.34. The van der Waals surface area contributed by atoms with Crippen molar-refractivity contribution in [1.29, 1.82) is 0 Å². The zero-order valence-electron chi connectivity index (χ0n) is 14.5. The number of amides is 2. The smallest absolute Gasteiger partial charge is 0.544 e. The van der Waals surface area contributed by atoms with Gasteiger partial charge in [-0.3, -0.25) is 19.3 Å². The summed E-state index contributed by atoms with van der Waals surface area (Å²) < 4.78 is 5.05. The molecule has 10 heteroatoms. The first-order valence-electron chi connectivity index (χ1n) is 8.15. The first-order valence-corrected chi connectivity index (χ1v) is 9.19. The van der Waals surface area contributed by atoms with Crippen molar-refractivity contribution in [3.05, 3.63) is 35.9 Å². The minimum atomic E-state index is -2.05. The molecular formula is C17H15N2NaO6S. The zero-order chi connectivity index (χ0) is 18.5. The van der Waals surface area contributed by atoms with Crippen LogP contribution in [0, 0.1) is 5.92 Å². The van der Waals surface area contributed by atoms with Gasteiger partial charge < -0.3 is 20.0 Å². The first kappa shape index (κ1) is 20.2. The van der Waals surface area contributed by atoms with E-state index in [1.54, 1.807) is 12.1 Å². The quantitative estimate of drug-likeness (QED) is 0.310. The van der Waals surface area contributed by atoms with Gasteiger partial charge in [0, 0.05) is 11.7 Å². The number of β-lactam (4-membered cyclic amide) rings is 1. The van der Waals surface area contributed by atoms with Crippen LogP contribution in [0.1, 0.15) is 12.0 Å². The SMILES string of the molecule is O=C(Cc1ccccc1)N[C@@H]1C(=O)N2[C@@H]1SC[C@H]1CC(=O)O[C@@]12C(=O)[O-].[Na+]. The van der Waals surface area contributed by atoms with Gasteiger partial charge in [-0.15, -0.1) is 11.8 Å². The molecular weight excluding hydrogens is 383 g/mol. The summed E-state index contributed by atoms with van der Waals surface area (Å²) in [7, 11) is 0. The monoisotopic (exact) mass is 398 g/mol. The Morgan fingerprint density at radius 1 is 1.30 bits per heavy atom. The van der Waals surface area contributed by atoms with E-state index < -0.39 is 40.9 Å². The molecule has 4 atom stereocenters. The van der Waals surface area contributed by atoms with Gasteiger partial charge in [-0.2, -0.15) is 0 Å². The maximum Gasteiger partial charge on any atom is 1.00 e. The third kappa shape index (κ3) is 3.16. The van der Waals surface area contributed by atoms with Gasteiger partial charge in [0.05, 0.1) is 12.8 Å². The number of nitrogens with zero attached hydrogens (tertiary/aromatic N) is 1. The molecule has 1 aromatic rings. The predicted molar refractivity (Wildman–Crippen MR) is 87.1 cm³/mol. The van der Waals surface area contributed by atoms with E-state index in [1.807, 2.05) is 18.2 Å². The fraction of sp³-hybridized carbons (Fsp3) is 0.412. The summed E-state index contributed by atoms with van der Waals surface area (Å²) in [6, 6.07) is 8.23. The summed E-state index contributed by atoms with van der Waals surface area (Å²) in [4.78, 5) is 49.2. The number of hydrogen-bond acceptors (Lipinski definition) is 7. The molecule has 0 spiro atoms. The van der Waals surface area contributed by atoms with E-state index in [4.69, 9.17) is 4.74 Å². The topological polar surface area (TPSA) is 116 Å². The van der Waals surface area contributed by atoms with Crippen molar-refractivity contribution in [2.75, 3.05) is 5.75 Å². The van der Waals surface area contributed by atoms with Crippen molar-refractivity contribution >= 4 is 35.5 Å². The number of hydrogen-bond donors (Lipinski definition) is 1. The van der Waals surface area contributed by atoms with E-state index in [0.29, 0.717) is 5.75 Å². The summed E-state index contributed by atoms with van der Waals surface area (Å²) >= 11 is 1.33. The van der Waals surface area contributed by atoms with Gasteiger partial charge in [0.25, 0.3) is 5.91 Å². The van der Waals surface area contributed by atoms with Gasteiger partial charge in [0.2, 0.25) is 11.6 Å². The standard InChI is InChI=1S/C17H16N2O6S.Na/c20-11(6-9-4-2-1-3-5-9)18-13-14(22)19-15(13)26-8-10-7-12(21)25-17(10,19)16(23)24;/h1-5,10,13,15H,6-8H2,(H,18,20)(H,23,24);/q;+1/p-1/t10-,13-,15-,17-;/m1./s1. The molecule has 0 aromatic heterocycles. The number of carboxylic acid groups (broad SMARTS) is 1. The van der Waals surface area contributed by atoms with Crippen LogP contribution in [0.4, 0.5) is 0 Å². The fourth-order valence-corrected chi connectivity index (χ4v) is 5.26. The fourth-order valence-electron chi connectivity index (χ4n) is 3.70. The second-order valence-electron chi connectivity index (χ2n) is 6.50. The normalized spacial score (nSPS) is 31.0. The van der Waals surface area contributed by atoms with Crippen molar-refractivity contribution < 1.29 is 58.6 Å². The average molecular weight is 398 g/mol. The molecule has 0 radical (unpaired) electrons. The molecule has 1 N–H and O–H groups in total. The van der Waals surface area contributed by atoms with Gasteiger partial charge in [-0.25, -0.2) is 0 Å². The number of rotatable bonds is 4. The van der Waals surface area contributed by atoms with Crippen LogP contribution in [-0.2, 0) is 30.3 Å². The molecule has 0 bridgehead atoms. The van der Waals surface area contributed by atoms with E-state index in [1.165, 1.54) is 11.8 Å². The molecule has 0 aliphatic carbocycles. The number of benzene rings is 1. The van der Waals surface area contributed by atoms with Crippen LogP contribution in [0.15, 0.2) is 30.3 Å². The zero-order valence-corrected chi connectivity index (χ0v) is 17.4. The Morgan fingerprint density at radius 3 is 2.67 bits per heavy atom. The van der Waals surface area contributed by atoms with E-state index in [0.717, 1.165) is 10.5 Å². The minimum Gasteiger partial charge on any atom is -0.544 e. The van der Waals surface area contributed by atoms with Crippen molar-refractivity contribution in [2.24, 2.45) is 5.92 Å². The van der Waals surface area contributed by atoms with Crippen LogP contribution in [-0.4, -0.2) is 51.5 Å². The summed E-state index contributed by atoms with van der Waals surface area (Å²) in [5.41, 5.74) is -1.24. The first-order chi connectivity index (χ1) is 12.4. The number of esters is 1. The number of nitrogens with one attached hydrogen (secondary N) is 1. The van der Waals surface area contributed by atoms with E-state index >= 15 is 0 Å². The number of thioether (sulfide) groups is 1. The van der Waals surface area contributed by atoms with E-state index in [2.05, 4.69) is 5.32 Å². The molecule has 3 aliphatic heterocycles. The molecule has 3 saturated heterocycles. The summed E-state index contributed by atoms with van der Waals surface area (Å²) in [6.45, 7) is 0. The minimum absolute atomic E-state index is 0. The Hall–Kier alpha value is -1.55. The Labute approximate surface area is 181 Å². The van der Waals surface area contributed by atoms with Gasteiger partial charge in [0.15, 0.2) is 0 Å². The number of carbonyl (C=O) groups is 4. The predicted octanol–water partition coefficient (Wildman–Crippen LogP) is -4.36. The van der Waals surface area contributed by atoms with Gasteiger partial charge in [-0.1, -0.05) is 30.3 Å². The molecule has 2 amide bonds. The Balaban J connectivity index is 0.00000210. The molecule has 3 heterocycles. The number of carbonyl (C=O) groups excluding carboxylic acids is 4. The average Bonchev–Trinajstić information content (AvgIpc) is 2.96. The molecule has 0 unspecified atom stereocenters. The van der Waals surface area contributed by atoms with Gasteiger partial charge in [0.1, 0.15) is 17.4 Å². The second kappa shape index (κ2) is 7.46. The number of ether oxygens (including phenoxy) is 1. The maximum atomic E-state index is 12.6. The van der Waals surface area contributed by atoms with Crippen LogP contribution in [0.25, 0.3) is 0 Å². The van der Waals surface area contributed by atoms with E-state index in [9.17, 15) is 24.3 Å². The Bertz CT molecular complexity index is 806. The number of aliphatic carboxylic acids is 1. The Morgan fingerprint density at radius 2 is 2.00 bits per heavy atom. The van der Waals surface area contributed by atoms with E-state index in [-0.39, 0.29) is 48.3 Å². The Kier molecular flexibility index (Phi) is 5.58. The van der Waals surface area contributed by atoms with Crippen LogP contribution in [0.5, 0.6) is 0 Å². The molecule has 4 rings (SSSR count). The molecule has 3 fully saturated rings. The van der Waals surface area contributed by atoms with Crippen LogP contribution in [0.2, 0.25) is 0 Å². The second-order valence-corrected chi connectivity index (χ2v) is 7.65. The molecule has 8 nitrogen and oxygen atoms in total. The number of carboxylic acids is 1. The van der Waals surface area contributed by atoms with Crippen LogP contribution < -0.4 is 40.0 Å². The van der Waals surface area contributed by atoms with Crippen LogP contribution >= 0.6 is 11.8 Å². The van der Waals surface area contributed by atoms with Crippen molar-refractivity contribution in [3.63, 3.8) is 0 Å². The number of fused-ring (bicyclic) bond motifs is 3. The van der Waals surface area contributed by atoms with Gasteiger partial charge in [-0.05, 0) is 5.56 Å². The largest absolute Gasteiger partial charge is 1.00 e. The molecule has 3 aliphatic rings. The molecule has 136 valence electrons. The molecule has 0 saturated carbocycles. The maximum absolute atomic E-state index is 12.6. The third-order valence-electron chi connectivity index (χ3n) is 4.92.